The van der Waals surface area contributed by atoms with Gasteiger partial charge in [0.15, 0.2) is 5.78 Å². The standard InChI is InChI=1S/C24H32N2O3/c1-17-8-6-7-13-26(17)16-21-10-5-4-9-20(21)15-25-24(28)12-11-22-14-23(18(2)27)19(3)29-22/h4-5,9-10,14,17H,6-8,11-13,15-16H2,1-3H3,(H,25,28)/t17-/m1/s1. The first-order valence-corrected chi connectivity index (χ1v) is 10.6. The number of nitrogens with zero attached hydrogens (tertiary/aromatic N) is 1. The van der Waals surface area contributed by atoms with E-state index >= 15 is 0 Å². The van der Waals surface area contributed by atoms with Crippen molar-refractivity contribution >= 4 is 11.7 Å². The number of likely N-dealkylation sites (tertiary alicyclic amines) is 1. The van der Waals surface area contributed by atoms with Crippen LogP contribution in [0.4, 0.5) is 0 Å². The van der Waals surface area contributed by atoms with Crippen molar-refractivity contribution in [3.05, 3.63) is 58.5 Å². The third kappa shape index (κ3) is 5.80. The van der Waals surface area contributed by atoms with Gasteiger partial charge in [-0.3, -0.25) is 14.5 Å². The molecule has 1 N–H and O–H groups in total. The number of amides is 1. The molecule has 0 saturated carbocycles. The summed E-state index contributed by atoms with van der Waals surface area (Å²) in [7, 11) is 0. The van der Waals surface area contributed by atoms with Gasteiger partial charge in [0.2, 0.25) is 5.91 Å². The van der Waals surface area contributed by atoms with Gasteiger partial charge < -0.3 is 9.73 Å². The highest BCUT2D eigenvalue weighted by Gasteiger charge is 2.19. The molecule has 1 amide bonds. The average Bonchev–Trinajstić information content (AvgIpc) is 3.08. The van der Waals surface area contributed by atoms with E-state index in [1.165, 1.54) is 37.3 Å². The van der Waals surface area contributed by atoms with Gasteiger partial charge >= 0.3 is 0 Å². The smallest absolute Gasteiger partial charge is 0.220 e. The summed E-state index contributed by atoms with van der Waals surface area (Å²) < 4.78 is 5.60. The molecule has 1 aromatic heterocycles. The second-order valence-corrected chi connectivity index (χ2v) is 8.10. The van der Waals surface area contributed by atoms with Crippen LogP contribution in [0, 0.1) is 6.92 Å². The number of hydrogen-bond acceptors (Lipinski definition) is 4. The largest absolute Gasteiger partial charge is 0.466 e. The monoisotopic (exact) mass is 396 g/mol. The van der Waals surface area contributed by atoms with Gasteiger partial charge in [-0.1, -0.05) is 30.7 Å². The van der Waals surface area contributed by atoms with Crippen molar-refractivity contribution in [2.45, 2.75) is 72.0 Å². The van der Waals surface area contributed by atoms with Crippen molar-refractivity contribution in [1.29, 1.82) is 0 Å². The molecule has 1 fully saturated rings. The van der Waals surface area contributed by atoms with Gasteiger partial charge in [-0.05, 0) is 57.4 Å². The first-order chi connectivity index (χ1) is 13.9. The quantitative estimate of drug-likeness (QED) is 0.671. The number of benzene rings is 1. The second-order valence-electron chi connectivity index (χ2n) is 8.10. The molecule has 0 radical (unpaired) electrons. The maximum Gasteiger partial charge on any atom is 0.220 e. The van der Waals surface area contributed by atoms with Crippen LogP contribution in [0.15, 0.2) is 34.7 Å². The molecular formula is C24H32N2O3. The number of piperidine rings is 1. The molecule has 0 bridgehead atoms. The number of carbonyl (C=O) groups is 2. The average molecular weight is 397 g/mol. The van der Waals surface area contributed by atoms with Crippen molar-refractivity contribution in [2.24, 2.45) is 0 Å². The van der Waals surface area contributed by atoms with E-state index in [2.05, 4.69) is 35.3 Å². The van der Waals surface area contributed by atoms with E-state index in [-0.39, 0.29) is 11.7 Å². The number of hydrogen-bond donors (Lipinski definition) is 1. The van der Waals surface area contributed by atoms with E-state index < -0.39 is 0 Å². The fraction of sp³-hybridized carbons (Fsp3) is 0.500. The van der Waals surface area contributed by atoms with E-state index in [1.54, 1.807) is 13.0 Å². The molecule has 29 heavy (non-hydrogen) atoms. The van der Waals surface area contributed by atoms with Gasteiger partial charge in [0.1, 0.15) is 11.5 Å². The summed E-state index contributed by atoms with van der Waals surface area (Å²) in [6, 6.07) is 10.7. The van der Waals surface area contributed by atoms with Crippen molar-refractivity contribution < 1.29 is 14.0 Å². The number of furan rings is 1. The van der Waals surface area contributed by atoms with Crippen LogP contribution in [-0.2, 0) is 24.3 Å². The van der Waals surface area contributed by atoms with E-state index in [1.807, 2.05) is 6.07 Å². The SMILES string of the molecule is CC(=O)c1cc(CCC(=O)NCc2ccccc2CN2CCCC[C@H]2C)oc1C. The summed E-state index contributed by atoms with van der Waals surface area (Å²) in [5, 5.41) is 3.04. The van der Waals surface area contributed by atoms with E-state index in [0.29, 0.717) is 42.5 Å². The maximum absolute atomic E-state index is 12.3. The summed E-state index contributed by atoms with van der Waals surface area (Å²) in [5.41, 5.74) is 3.06. The predicted octanol–water partition coefficient (Wildman–Crippen LogP) is 4.41. The summed E-state index contributed by atoms with van der Waals surface area (Å²) in [6.07, 6.45) is 4.68. The Kier molecular flexibility index (Phi) is 7.26. The lowest BCUT2D eigenvalue weighted by molar-refractivity contribution is -0.121. The van der Waals surface area contributed by atoms with Crippen LogP contribution in [0.2, 0.25) is 0 Å². The first kappa shape index (κ1) is 21.3. The zero-order valence-corrected chi connectivity index (χ0v) is 17.8. The number of Topliss-reactive ketones (excluding diaryl/α,β-unsaturated/α-hetero) is 1. The predicted molar refractivity (Wildman–Crippen MR) is 114 cm³/mol. The third-order valence-corrected chi connectivity index (χ3v) is 5.85. The molecule has 2 aromatic rings. The van der Waals surface area contributed by atoms with Crippen LogP contribution in [0.3, 0.4) is 0 Å². The molecule has 1 aromatic carbocycles. The second kappa shape index (κ2) is 9.88. The van der Waals surface area contributed by atoms with Crippen molar-refractivity contribution in [1.82, 2.24) is 10.2 Å². The molecule has 5 nitrogen and oxygen atoms in total. The summed E-state index contributed by atoms with van der Waals surface area (Å²) in [5.74, 6) is 1.28. The Morgan fingerprint density at radius 3 is 2.66 bits per heavy atom. The molecule has 5 heteroatoms. The highest BCUT2D eigenvalue weighted by atomic mass is 16.3. The summed E-state index contributed by atoms with van der Waals surface area (Å²) >= 11 is 0. The number of ketones is 1. The molecular weight excluding hydrogens is 364 g/mol. The van der Waals surface area contributed by atoms with Gasteiger partial charge in [0.25, 0.3) is 0 Å². The lowest BCUT2D eigenvalue weighted by atomic mass is 10.0. The number of aryl methyl sites for hydroxylation is 2. The highest BCUT2D eigenvalue weighted by Crippen LogP contribution is 2.21. The molecule has 0 aliphatic carbocycles. The third-order valence-electron chi connectivity index (χ3n) is 5.85. The Balaban J connectivity index is 1.52. The minimum Gasteiger partial charge on any atom is -0.466 e. The molecule has 1 atom stereocenters. The highest BCUT2D eigenvalue weighted by molar-refractivity contribution is 5.95. The number of carbonyl (C=O) groups excluding carboxylic acids is 2. The normalized spacial score (nSPS) is 17.3. The van der Waals surface area contributed by atoms with E-state index in [4.69, 9.17) is 4.42 Å². The molecule has 3 rings (SSSR count). The molecule has 0 spiro atoms. The van der Waals surface area contributed by atoms with Crippen LogP contribution in [-0.4, -0.2) is 29.2 Å². The molecule has 1 aliphatic rings. The fourth-order valence-corrected chi connectivity index (χ4v) is 4.03. The molecule has 1 saturated heterocycles. The van der Waals surface area contributed by atoms with Crippen LogP contribution in [0.25, 0.3) is 0 Å². The lowest BCUT2D eigenvalue weighted by Gasteiger charge is -2.33. The Morgan fingerprint density at radius 2 is 1.97 bits per heavy atom. The zero-order chi connectivity index (χ0) is 20.8. The van der Waals surface area contributed by atoms with E-state index in [9.17, 15) is 9.59 Å². The fourth-order valence-electron chi connectivity index (χ4n) is 4.03. The Labute approximate surface area is 173 Å². The summed E-state index contributed by atoms with van der Waals surface area (Å²) in [6.45, 7) is 8.22. The van der Waals surface area contributed by atoms with Crippen molar-refractivity contribution in [2.75, 3.05) is 6.54 Å². The van der Waals surface area contributed by atoms with Crippen LogP contribution in [0.1, 0.15) is 72.5 Å². The zero-order valence-electron chi connectivity index (χ0n) is 17.8. The molecule has 156 valence electrons. The molecule has 1 aliphatic heterocycles. The summed E-state index contributed by atoms with van der Waals surface area (Å²) in [4.78, 5) is 26.4. The Hall–Kier alpha value is -2.40. The van der Waals surface area contributed by atoms with Gasteiger partial charge in [-0.25, -0.2) is 0 Å². The molecule has 2 heterocycles. The van der Waals surface area contributed by atoms with Crippen molar-refractivity contribution in [3.8, 4) is 0 Å². The topological polar surface area (TPSA) is 62.6 Å². The number of nitrogens with one attached hydrogen (secondary N) is 1. The van der Waals surface area contributed by atoms with E-state index in [0.717, 1.165) is 13.1 Å². The molecule has 0 unspecified atom stereocenters. The van der Waals surface area contributed by atoms with Crippen LogP contribution >= 0.6 is 0 Å². The maximum atomic E-state index is 12.3. The van der Waals surface area contributed by atoms with Gasteiger partial charge in [-0.15, -0.1) is 0 Å². The lowest BCUT2D eigenvalue weighted by Crippen LogP contribution is -2.37. The minimum atomic E-state index is -0.0124. The van der Waals surface area contributed by atoms with Crippen LogP contribution in [0.5, 0.6) is 0 Å². The first-order valence-electron chi connectivity index (χ1n) is 10.6. The Bertz CT molecular complexity index is 856. The number of rotatable bonds is 8. The van der Waals surface area contributed by atoms with Gasteiger partial charge in [0.05, 0.1) is 5.56 Å². The van der Waals surface area contributed by atoms with Crippen LogP contribution < -0.4 is 5.32 Å². The minimum absolute atomic E-state index is 0.00966. The van der Waals surface area contributed by atoms with Gasteiger partial charge in [0, 0.05) is 32.0 Å². The van der Waals surface area contributed by atoms with Crippen molar-refractivity contribution in [3.63, 3.8) is 0 Å². The Morgan fingerprint density at radius 1 is 1.21 bits per heavy atom. The van der Waals surface area contributed by atoms with Gasteiger partial charge in [-0.2, -0.15) is 0 Å².